The molecule has 7 nitrogen and oxygen atoms in total. The Hall–Kier alpha value is -2.87. The van der Waals surface area contributed by atoms with E-state index in [0.29, 0.717) is 12.5 Å². The number of H-pyrrole nitrogens is 1. The summed E-state index contributed by atoms with van der Waals surface area (Å²) < 4.78 is 10.9. The average Bonchev–Trinajstić information content (AvgIpc) is 3.26. The van der Waals surface area contributed by atoms with E-state index in [2.05, 4.69) is 70.6 Å². The first-order chi connectivity index (χ1) is 17.0. The van der Waals surface area contributed by atoms with Crippen molar-refractivity contribution in [3.05, 3.63) is 65.4 Å². The van der Waals surface area contributed by atoms with E-state index >= 15 is 0 Å². The van der Waals surface area contributed by atoms with E-state index in [-0.39, 0.29) is 24.1 Å². The van der Waals surface area contributed by atoms with Crippen molar-refractivity contribution in [2.75, 3.05) is 41.4 Å². The lowest BCUT2D eigenvalue weighted by Gasteiger charge is -2.50. The second-order valence-corrected chi connectivity index (χ2v) is 9.99. The fraction of sp³-hybridized carbons (Fsp3) is 0.464. The Morgan fingerprint density at radius 2 is 1.91 bits per heavy atom. The number of nitrogens with zero attached hydrogens (tertiary/aromatic N) is 2. The van der Waals surface area contributed by atoms with E-state index in [0.717, 1.165) is 37.2 Å². The van der Waals surface area contributed by atoms with Gasteiger partial charge in [-0.3, -0.25) is 9.69 Å². The third-order valence-electron chi connectivity index (χ3n) is 7.62. The van der Waals surface area contributed by atoms with Gasteiger partial charge in [-0.25, -0.2) is 0 Å². The lowest BCUT2D eigenvalue weighted by molar-refractivity contribution is -0.152. The highest BCUT2D eigenvalue weighted by Crippen LogP contribution is 2.49. The first-order valence-electron chi connectivity index (χ1n) is 12.5. The van der Waals surface area contributed by atoms with Crippen molar-refractivity contribution in [3.8, 4) is 5.75 Å². The molecule has 0 unspecified atom stereocenters. The summed E-state index contributed by atoms with van der Waals surface area (Å²) >= 11 is 0. The Morgan fingerprint density at radius 3 is 2.69 bits per heavy atom. The third kappa shape index (κ3) is 4.56. The molecule has 5 rings (SSSR count). The van der Waals surface area contributed by atoms with Crippen LogP contribution in [-0.4, -0.2) is 74.2 Å². The summed E-state index contributed by atoms with van der Waals surface area (Å²) in [7, 11) is 7.39. The number of benzene rings is 2. The zero-order valence-corrected chi connectivity index (χ0v) is 21.1. The number of fused-ring (bicyclic) bond motifs is 5. The number of para-hydroxylation sites is 1. The monoisotopic (exact) mass is 476 g/mol. The number of carbonyl (C=O) groups is 1. The van der Waals surface area contributed by atoms with Crippen molar-refractivity contribution in [2.24, 2.45) is 0 Å². The van der Waals surface area contributed by atoms with Crippen LogP contribution in [0.2, 0.25) is 0 Å². The molecule has 1 aromatic heterocycles. The number of methoxy groups -OCH3 is 2. The molecular formula is C28H36N4O3. The minimum atomic E-state index is -0.337. The van der Waals surface area contributed by atoms with E-state index in [1.165, 1.54) is 29.3 Å². The van der Waals surface area contributed by atoms with E-state index in [4.69, 9.17) is 9.47 Å². The van der Waals surface area contributed by atoms with Crippen molar-refractivity contribution < 1.29 is 14.3 Å². The fourth-order valence-electron chi connectivity index (χ4n) is 5.98. The number of rotatable bonds is 7. The number of ether oxygens (including phenoxy) is 2. The van der Waals surface area contributed by atoms with Crippen molar-refractivity contribution >= 4 is 16.9 Å². The van der Waals surface area contributed by atoms with Crippen molar-refractivity contribution in [1.29, 1.82) is 0 Å². The molecule has 0 spiro atoms. The van der Waals surface area contributed by atoms with Crippen LogP contribution in [-0.2, 0) is 16.0 Å². The van der Waals surface area contributed by atoms with E-state index in [1.807, 2.05) is 12.1 Å². The first kappa shape index (κ1) is 23.9. The maximum Gasteiger partial charge on any atom is 0.323 e. The summed E-state index contributed by atoms with van der Waals surface area (Å²) in [6, 6.07) is 16.8. The van der Waals surface area contributed by atoms with Gasteiger partial charge in [0.2, 0.25) is 0 Å². The molecule has 0 amide bonds. The first-order valence-corrected chi connectivity index (χ1v) is 12.5. The molecular weight excluding hydrogens is 440 g/mol. The molecule has 2 aliphatic heterocycles. The number of likely N-dealkylation sites (N-methyl/N-ethyl adjacent to an activating group) is 1. The third-order valence-corrected chi connectivity index (χ3v) is 7.62. The van der Waals surface area contributed by atoms with E-state index in [1.54, 1.807) is 7.11 Å². The highest BCUT2D eigenvalue weighted by atomic mass is 16.5. The lowest BCUT2D eigenvalue weighted by atomic mass is 9.79. The molecule has 4 atom stereocenters. The molecule has 35 heavy (non-hydrogen) atoms. The van der Waals surface area contributed by atoms with Crippen LogP contribution in [0.4, 0.5) is 0 Å². The number of esters is 1. The summed E-state index contributed by atoms with van der Waals surface area (Å²) in [6.45, 7) is 1.91. The largest absolute Gasteiger partial charge is 0.497 e. The molecule has 7 heteroatoms. The molecule has 0 aliphatic carbocycles. The van der Waals surface area contributed by atoms with Crippen molar-refractivity contribution in [1.82, 2.24) is 20.1 Å². The molecule has 2 aliphatic rings. The maximum atomic E-state index is 13.2. The van der Waals surface area contributed by atoms with Gasteiger partial charge in [-0.1, -0.05) is 30.3 Å². The summed E-state index contributed by atoms with van der Waals surface area (Å²) in [5, 5.41) is 5.01. The van der Waals surface area contributed by atoms with Gasteiger partial charge in [0.1, 0.15) is 11.8 Å². The standard InChI is InChI=1S/C28H36N4O3/c1-31(2)13-12-29-19-15-24(18-8-7-9-20(14-18)34-3)32-25(16-19)27-22(17-26(32)28(33)35-4)21-10-5-6-11-23(21)30-27/h5-11,14,19,24-26,29-30H,12-13,15-17H2,1-4H3/t19-,24+,25-,26+/m1/s1. The van der Waals surface area contributed by atoms with Crippen LogP contribution in [0.15, 0.2) is 48.5 Å². The Kier molecular flexibility index (Phi) is 6.82. The van der Waals surface area contributed by atoms with Gasteiger partial charge in [0.05, 0.1) is 20.3 Å². The maximum absolute atomic E-state index is 13.2. The minimum absolute atomic E-state index is 0.0596. The topological polar surface area (TPSA) is 69.8 Å². The summed E-state index contributed by atoms with van der Waals surface area (Å²) in [5.74, 6) is 0.664. The highest BCUT2D eigenvalue weighted by molar-refractivity contribution is 5.87. The molecule has 2 N–H and O–H groups in total. The van der Waals surface area contributed by atoms with Gasteiger partial charge in [0.25, 0.3) is 0 Å². The number of nitrogens with one attached hydrogen (secondary N) is 2. The van der Waals surface area contributed by atoms with E-state index < -0.39 is 0 Å². The van der Waals surface area contributed by atoms with Crippen LogP contribution in [0, 0.1) is 0 Å². The molecule has 1 saturated heterocycles. The molecule has 0 bridgehead atoms. The summed E-state index contributed by atoms with van der Waals surface area (Å²) in [5.41, 5.74) is 4.78. The van der Waals surface area contributed by atoms with Gasteiger partial charge in [-0.05, 0) is 56.3 Å². The zero-order chi connectivity index (χ0) is 24.5. The number of hydrogen-bond acceptors (Lipinski definition) is 6. The average molecular weight is 477 g/mol. The molecule has 3 aromatic rings. The van der Waals surface area contributed by atoms with Crippen LogP contribution in [0.1, 0.15) is 41.7 Å². The number of aromatic nitrogens is 1. The smallest absolute Gasteiger partial charge is 0.323 e. The van der Waals surface area contributed by atoms with Crippen molar-refractivity contribution in [2.45, 2.75) is 43.4 Å². The zero-order valence-electron chi connectivity index (χ0n) is 21.1. The molecule has 186 valence electrons. The SMILES string of the molecule is COC(=O)[C@@H]1Cc2c([nH]c3ccccc23)[C@H]2C[C@H](NCCN(C)C)C[C@@H](c3cccc(OC)c3)N21. The Bertz CT molecular complexity index is 1190. The molecule has 0 radical (unpaired) electrons. The minimum Gasteiger partial charge on any atom is -0.497 e. The number of hydrogen-bond donors (Lipinski definition) is 2. The summed E-state index contributed by atoms with van der Waals surface area (Å²) in [6.07, 6.45) is 2.49. The Morgan fingerprint density at radius 1 is 1.11 bits per heavy atom. The number of carbonyl (C=O) groups excluding carboxylic acids is 1. The van der Waals surface area contributed by atoms with Crippen LogP contribution in [0.25, 0.3) is 10.9 Å². The van der Waals surface area contributed by atoms with Crippen LogP contribution in [0.3, 0.4) is 0 Å². The van der Waals surface area contributed by atoms with Crippen LogP contribution in [0.5, 0.6) is 5.75 Å². The normalized spacial score (nSPS) is 24.3. The van der Waals surface area contributed by atoms with Crippen molar-refractivity contribution in [3.63, 3.8) is 0 Å². The highest BCUT2D eigenvalue weighted by Gasteiger charge is 2.48. The second-order valence-electron chi connectivity index (χ2n) is 9.99. The van der Waals surface area contributed by atoms with Gasteiger partial charge in [0, 0.05) is 48.2 Å². The predicted molar refractivity (Wildman–Crippen MR) is 138 cm³/mol. The number of piperidine rings is 1. The molecule has 1 fully saturated rings. The lowest BCUT2D eigenvalue weighted by Crippen LogP contribution is -2.56. The van der Waals surface area contributed by atoms with Gasteiger partial charge in [-0.2, -0.15) is 0 Å². The van der Waals surface area contributed by atoms with Crippen LogP contribution < -0.4 is 10.1 Å². The Labute approximate surface area is 207 Å². The van der Waals surface area contributed by atoms with Gasteiger partial charge in [0.15, 0.2) is 0 Å². The van der Waals surface area contributed by atoms with Gasteiger partial charge < -0.3 is 24.7 Å². The molecule has 3 heterocycles. The second kappa shape index (κ2) is 10.0. The van der Waals surface area contributed by atoms with Gasteiger partial charge >= 0.3 is 5.97 Å². The van der Waals surface area contributed by atoms with Crippen LogP contribution >= 0.6 is 0 Å². The predicted octanol–water partition coefficient (Wildman–Crippen LogP) is 3.67. The Balaban J connectivity index is 1.60. The fourth-order valence-corrected chi connectivity index (χ4v) is 5.98. The molecule has 0 saturated carbocycles. The summed E-state index contributed by atoms with van der Waals surface area (Å²) in [4.78, 5) is 21.5. The quantitative estimate of drug-likeness (QED) is 0.507. The van der Waals surface area contributed by atoms with Gasteiger partial charge in [-0.15, -0.1) is 0 Å². The number of aromatic amines is 1. The molecule has 2 aromatic carbocycles. The van der Waals surface area contributed by atoms with E-state index in [9.17, 15) is 4.79 Å².